The Morgan fingerprint density at radius 2 is 2.10 bits per heavy atom. The molecule has 1 unspecified atom stereocenters. The Bertz CT molecular complexity index is 608. The van der Waals surface area contributed by atoms with Crippen LogP contribution in [0, 0.1) is 0 Å². The summed E-state index contributed by atoms with van der Waals surface area (Å²) in [5, 5.41) is 0. The third kappa shape index (κ3) is 3.94. The summed E-state index contributed by atoms with van der Waals surface area (Å²) in [6, 6.07) is 4.83. The predicted molar refractivity (Wildman–Crippen MR) is 75.9 cm³/mol. The summed E-state index contributed by atoms with van der Waals surface area (Å²) in [4.78, 5) is 0.0916. The van der Waals surface area contributed by atoms with E-state index in [4.69, 9.17) is 18.9 Å². The van der Waals surface area contributed by atoms with Crippen molar-refractivity contribution < 1.29 is 27.4 Å². The first-order valence-electron chi connectivity index (χ1n) is 6.48. The molecule has 1 aliphatic heterocycles. The molecule has 0 amide bonds. The Morgan fingerprint density at radius 1 is 1.38 bits per heavy atom. The van der Waals surface area contributed by atoms with Gasteiger partial charge >= 0.3 is 0 Å². The minimum atomic E-state index is -3.44. The topological polar surface area (TPSA) is 71.1 Å². The van der Waals surface area contributed by atoms with Gasteiger partial charge in [0.25, 0.3) is 0 Å². The minimum Gasteiger partial charge on any atom is -0.466 e. The largest absolute Gasteiger partial charge is 0.466 e. The zero-order valence-electron chi connectivity index (χ0n) is 12.6. The van der Waals surface area contributed by atoms with E-state index < -0.39 is 16.1 Å². The number of methoxy groups -OCH3 is 1. The molecular formula is C14H20O6S. The molecule has 1 saturated heterocycles. The molecule has 1 aliphatic rings. The number of hydrogen-bond donors (Lipinski definition) is 0. The van der Waals surface area contributed by atoms with Gasteiger partial charge < -0.3 is 18.9 Å². The van der Waals surface area contributed by atoms with Crippen molar-refractivity contribution in [2.75, 3.05) is 26.8 Å². The fraction of sp³-hybridized carbons (Fsp3) is 0.571. The summed E-state index contributed by atoms with van der Waals surface area (Å²) in [5.74, 6) is 0.250. The van der Waals surface area contributed by atoms with Gasteiger partial charge in [-0.05, 0) is 26.0 Å². The maximum atomic E-state index is 11.9. The summed E-state index contributed by atoms with van der Waals surface area (Å²) in [6.45, 7) is 4.26. The van der Waals surface area contributed by atoms with Crippen LogP contribution in [0.5, 0.6) is 5.75 Å². The molecule has 7 heteroatoms. The van der Waals surface area contributed by atoms with Gasteiger partial charge in [-0.25, -0.2) is 8.42 Å². The van der Waals surface area contributed by atoms with Gasteiger partial charge in [0.15, 0.2) is 22.9 Å². The van der Waals surface area contributed by atoms with Crippen LogP contribution in [-0.4, -0.2) is 40.8 Å². The lowest BCUT2D eigenvalue weighted by Crippen LogP contribution is -2.21. The van der Waals surface area contributed by atoms with E-state index in [-0.39, 0.29) is 23.0 Å². The molecule has 1 fully saturated rings. The summed E-state index contributed by atoms with van der Waals surface area (Å²) in [5.41, 5.74) is 0.256. The van der Waals surface area contributed by atoms with Gasteiger partial charge in [-0.15, -0.1) is 0 Å². The molecular weight excluding hydrogens is 296 g/mol. The molecule has 0 saturated carbocycles. The second-order valence-corrected chi connectivity index (χ2v) is 7.53. The predicted octanol–water partition coefficient (Wildman–Crippen LogP) is 1.90. The van der Waals surface area contributed by atoms with Gasteiger partial charge in [0.05, 0.1) is 12.2 Å². The third-order valence-corrected chi connectivity index (χ3v) is 4.10. The van der Waals surface area contributed by atoms with Crippen LogP contribution in [0.4, 0.5) is 0 Å². The summed E-state index contributed by atoms with van der Waals surface area (Å²) in [7, 11) is -1.97. The molecule has 2 rings (SSSR count). The molecule has 0 aliphatic carbocycles. The number of hydrogen-bond acceptors (Lipinski definition) is 6. The van der Waals surface area contributed by atoms with E-state index in [1.165, 1.54) is 13.2 Å². The van der Waals surface area contributed by atoms with Crippen molar-refractivity contribution >= 4 is 9.84 Å². The van der Waals surface area contributed by atoms with E-state index in [1.54, 1.807) is 12.1 Å². The first kappa shape index (κ1) is 16.2. The molecule has 0 radical (unpaired) electrons. The van der Waals surface area contributed by atoms with Crippen molar-refractivity contribution in [3.05, 3.63) is 23.8 Å². The normalized spacial score (nSPS) is 21.4. The van der Waals surface area contributed by atoms with Crippen LogP contribution in [0.15, 0.2) is 23.1 Å². The molecule has 0 N–H and O–H groups in total. The molecule has 0 aromatic heterocycles. The SMILES string of the molecule is COCOc1ccc(C2OCC(C)(C)O2)cc1S(C)(=O)=O. The number of sulfone groups is 1. The second kappa shape index (κ2) is 5.92. The van der Waals surface area contributed by atoms with Crippen molar-refractivity contribution in [1.29, 1.82) is 0 Å². The monoisotopic (exact) mass is 316 g/mol. The number of rotatable bonds is 5. The van der Waals surface area contributed by atoms with E-state index in [9.17, 15) is 8.42 Å². The maximum Gasteiger partial charge on any atom is 0.188 e. The quantitative estimate of drug-likeness (QED) is 0.773. The maximum absolute atomic E-state index is 11.9. The number of ether oxygens (including phenoxy) is 4. The molecule has 0 spiro atoms. The van der Waals surface area contributed by atoms with E-state index in [1.807, 2.05) is 13.8 Å². The Balaban J connectivity index is 2.34. The van der Waals surface area contributed by atoms with Crippen molar-refractivity contribution in [3.8, 4) is 5.75 Å². The van der Waals surface area contributed by atoms with Crippen molar-refractivity contribution in [1.82, 2.24) is 0 Å². The first-order chi connectivity index (χ1) is 9.73. The first-order valence-corrected chi connectivity index (χ1v) is 8.37. The molecule has 1 heterocycles. The van der Waals surface area contributed by atoms with E-state index in [2.05, 4.69) is 0 Å². The molecule has 1 aromatic carbocycles. The highest BCUT2D eigenvalue weighted by Crippen LogP contribution is 2.35. The molecule has 6 nitrogen and oxygen atoms in total. The third-order valence-electron chi connectivity index (χ3n) is 2.98. The van der Waals surface area contributed by atoms with Crippen LogP contribution in [0.1, 0.15) is 25.7 Å². The average molecular weight is 316 g/mol. The Hall–Kier alpha value is -1.15. The van der Waals surface area contributed by atoms with Crippen molar-refractivity contribution in [2.45, 2.75) is 30.6 Å². The molecule has 118 valence electrons. The van der Waals surface area contributed by atoms with Crippen LogP contribution in [-0.2, 0) is 24.0 Å². The average Bonchev–Trinajstić information content (AvgIpc) is 2.75. The van der Waals surface area contributed by atoms with Gasteiger partial charge in [-0.2, -0.15) is 0 Å². The smallest absolute Gasteiger partial charge is 0.188 e. The Labute approximate surface area is 124 Å². The minimum absolute atomic E-state index is 0.0225. The van der Waals surface area contributed by atoms with Gasteiger partial charge in [0.2, 0.25) is 0 Å². The van der Waals surface area contributed by atoms with Crippen LogP contribution in [0.25, 0.3) is 0 Å². The lowest BCUT2D eigenvalue weighted by molar-refractivity contribution is -0.0813. The lowest BCUT2D eigenvalue weighted by Gasteiger charge is -2.17. The standard InChI is InChI=1S/C14H20O6S/c1-14(2)8-18-13(20-14)10-5-6-11(19-9-17-3)12(7-10)21(4,15)16/h5-7,13H,8-9H2,1-4H3. The summed E-state index contributed by atoms with van der Waals surface area (Å²) < 4.78 is 45.2. The fourth-order valence-corrected chi connectivity index (χ4v) is 2.84. The van der Waals surface area contributed by atoms with Crippen LogP contribution < -0.4 is 4.74 Å². The zero-order valence-corrected chi connectivity index (χ0v) is 13.4. The number of benzene rings is 1. The molecule has 1 atom stereocenters. The second-order valence-electron chi connectivity index (χ2n) is 5.55. The Morgan fingerprint density at radius 3 is 2.62 bits per heavy atom. The van der Waals surface area contributed by atoms with Crippen molar-refractivity contribution in [2.24, 2.45) is 0 Å². The van der Waals surface area contributed by atoms with E-state index in [0.717, 1.165) is 6.26 Å². The summed E-state index contributed by atoms with van der Waals surface area (Å²) >= 11 is 0. The highest BCUT2D eigenvalue weighted by Gasteiger charge is 2.34. The van der Waals surface area contributed by atoms with Crippen molar-refractivity contribution in [3.63, 3.8) is 0 Å². The van der Waals surface area contributed by atoms with Gasteiger partial charge in [-0.3, -0.25) is 0 Å². The van der Waals surface area contributed by atoms with Gasteiger partial charge in [0.1, 0.15) is 10.6 Å². The van der Waals surface area contributed by atoms with Crippen LogP contribution in [0.2, 0.25) is 0 Å². The zero-order chi connectivity index (χ0) is 15.7. The van der Waals surface area contributed by atoms with Gasteiger partial charge in [0, 0.05) is 18.9 Å². The lowest BCUT2D eigenvalue weighted by atomic mass is 10.2. The van der Waals surface area contributed by atoms with Crippen LogP contribution >= 0.6 is 0 Å². The molecule has 0 bridgehead atoms. The van der Waals surface area contributed by atoms with Crippen LogP contribution in [0.3, 0.4) is 0 Å². The van der Waals surface area contributed by atoms with Gasteiger partial charge in [-0.1, -0.05) is 6.07 Å². The van der Waals surface area contributed by atoms with E-state index in [0.29, 0.717) is 12.2 Å². The highest BCUT2D eigenvalue weighted by atomic mass is 32.2. The Kier molecular flexibility index (Phi) is 4.57. The molecule has 21 heavy (non-hydrogen) atoms. The summed E-state index contributed by atoms with van der Waals surface area (Å²) in [6.07, 6.45) is 0.559. The van der Waals surface area contributed by atoms with E-state index >= 15 is 0 Å². The fourth-order valence-electron chi connectivity index (χ4n) is 2.00. The highest BCUT2D eigenvalue weighted by molar-refractivity contribution is 7.90. The molecule has 1 aromatic rings.